The summed E-state index contributed by atoms with van der Waals surface area (Å²) in [5.41, 5.74) is 1.54. The summed E-state index contributed by atoms with van der Waals surface area (Å²) in [6.45, 7) is 2.37. The highest BCUT2D eigenvalue weighted by molar-refractivity contribution is 5.92. The van der Waals surface area contributed by atoms with Crippen molar-refractivity contribution in [3.63, 3.8) is 0 Å². The number of hydrogen-bond acceptors (Lipinski definition) is 2. The quantitative estimate of drug-likeness (QED) is 0.808. The number of benzene rings is 2. The minimum absolute atomic E-state index is 0.0667. The second-order valence-electron chi connectivity index (χ2n) is 5.45. The Bertz CT molecular complexity index is 958. The fourth-order valence-electron chi connectivity index (χ4n) is 2.54. The Labute approximate surface area is 131 Å². The number of nitrogens with zero attached hydrogens (tertiary/aromatic N) is 1. The lowest BCUT2D eigenvalue weighted by Crippen LogP contribution is -2.19. The minimum atomic E-state index is -1.32. The van der Waals surface area contributed by atoms with Crippen LogP contribution in [0.15, 0.2) is 53.5 Å². The van der Waals surface area contributed by atoms with E-state index in [1.54, 1.807) is 4.57 Å². The van der Waals surface area contributed by atoms with Gasteiger partial charge >= 0.3 is 5.97 Å². The first-order valence-corrected chi connectivity index (χ1v) is 7.07. The fourth-order valence-corrected chi connectivity index (χ4v) is 2.54. The van der Waals surface area contributed by atoms with Gasteiger partial charge in [0.25, 0.3) is 0 Å². The van der Waals surface area contributed by atoms with E-state index in [4.69, 9.17) is 0 Å². The van der Waals surface area contributed by atoms with E-state index >= 15 is 0 Å². The molecule has 0 amide bonds. The normalized spacial score (nSPS) is 10.9. The lowest BCUT2D eigenvalue weighted by Gasteiger charge is -2.13. The van der Waals surface area contributed by atoms with Crippen LogP contribution in [0.1, 0.15) is 21.5 Å². The molecule has 0 saturated heterocycles. The Hall–Kier alpha value is -2.95. The molecule has 23 heavy (non-hydrogen) atoms. The molecule has 3 aromatic rings. The average Bonchev–Trinajstić information content (AvgIpc) is 2.52. The van der Waals surface area contributed by atoms with E-state index in [0.717, 1.165) is 17.2 Å². The Morgan fingerprint density at radius 3 is 2.52 bits per heavy atom. The molecule has 0 atom stereocenters. The third kappa shape index (κ3) is 2.85. The standard InChI is InChI=1S/C18H14FNO3/c1-11-2-4-12(5-3-11)9-20-10-15(18(22)23)17(21)14-8-13(19)6-7-16(14)20/h2-8,10H,9H2,1H3,(H,22,23). The first-order valence-electron chi connectivity index (χ1n) is 7.07. The molecule has 1 aromatic heterocycles. The highest BCUT2D eigenvalue weighted by Gasteiger charge is 2.15. The Morgan fingerprint density at radius 1 is 1.17 bits per heavy atom. The van der Waals surface area contributed by atoms with Gasteiger partial charge in [0.2, 0.25) is 5.43 Å². The van der Waals surface area contributed by atoms with E-state index in [1.807, 2.05) is 31.2 Å². The van der Waals surface area contributed by atoms with Gasteiger partial charge in [-0.15, -0.1) is 0 Å². The Morgan fingerprint density at radius 2 is 1.87 bits per heavy atom. The van der Waals surface area contributed by atoms with E-state index in [1.165, 1.54) is 18.3 Å². The molecule has 0 saturated carbocycles. The van der Waals surface area contributed by atoms with Crippen LogP contribution >= 0.6 is 0 Å². The molecule has 0 aliphatic carbocycles. The number of carboxylic acids is 1. The monoisotopic (exact) mass is 311 g/mol. The molecule has 0 fully saturated rings. The third-order valence-electron chi connectivity index (χ3n) is 3.75. The van der Waals surface area contributed by atoms with Gasteiger partial charge in [-0.05, 0) is 30.7 Å². The maximum Gasteiger partial charge on any atom is 0.341 e. The summed E-state index contributed by atoms with van der Waals surface area (Å²) in [4.78, 5) is 23.5. The van der Waals surface area contributed by atoms with E-state index in [9.17, 15) is 19.1 Å². The molecule has 0 aliphatic heterocycles. The van der Waals surface area contributed by atoms with Crippen LogP contribution in [0.2, 0.25) is 0 Å². The van der Waals surface area contributed by atoms with Gasteiger partial charge in [0, 0.05) is 18.1 Å². The van der Waals surface area contributed by atoms with E-state index in [2.05, 4.69) is 0 Å². The van der Waals surface area contributed by atoms with Crippen molar-refractivity contribution in [3.05, 3.63) is 81.4 Å². The number of carboxylic acid groups (broad SMARTS) is 1. The number of carbonyl (C=O) groups is 1. The summed E-state index contributed by atoms with van der Waals surface area (Å²) in [6, 6.07) is 11.6. The molecule has 116 valence electrons. The summed E-state index contributed by atoms with van der Waals surface area (Å²) in [6.07, 6.45) is 1.31. The number of hydrogen-bond donors (Lipinski definition) is 1. The predicted octanol–water partition coefficient (Wildman–Crippen LogP) is 3.20. The molecule has 1 N–H and O–H groups in total. The first-order chi connectivity index (χ1) is 11.0. The van der Waals surface area contributed by atoms with E-state index < -0.39 is 17.2 Å². The zero-order chi connectivity index (χ0) is 16.6. The molecule has 1 heterocycles. The Balaban J connectivity index is 2.22. The number of aromatic carboxylic acids is 1. The highest BCUT2D eigenvalue weighted by Crippen LogP contribution is 2.16. The van der Waals surface area contributed by atoms with Crippen LogP contribution in [0.4, 0.5) is 4.39 Å². The second-order valence-corrected chi connectivity index (χ2v) is 5.45. The highest BCUT2D eigenvalue weighted by atomic mass is 19.1. The van der Waals surface area contributed by atoms with Gasteiger partial charge in [-0.1, -0.05) is 29.8 Å². The van der Waals surface area contributed by atoms with Crippen LogP contribution in [0.3, 0.4) is 0 Å². The minimum Gasteiger partial charge on any atom is -0.477 e. The van der Waals surface area contributed by atoms with Crippen LogP contribution in [0.25, 0.3) is 10.9 Å². The number of aromatic nitrogens is 1. The number of fused-ring (bicyclic) bond motifs is 1. The van der Waals surface area contributed by atoms with Crippen molar-refractivity contribution in [1.82, 2.24) is 4.57 Å². The molecule has 0 unspecified atom stereocenters. The molecule has 0 aliphatic rings. The van der Waals surface area contributed by atoms with Crippen LogP contribution in [-0.2, 0) is 6.54 Å². The lowest BCUT2D eigenvalue weighted by atomic mass is 10.1. The van der Waals surface area contributed by atoms with Gasteiger partial charge < -0.3 is 9.67 Å². The lowest BCUT2D eigenvalue weighted by molar-refractivity contribution is 0.0695. The van der Waals surface area contributed by atoms with Gasteiger partial charge in [0.05, 0.1) is 5.52 Å². The van der Waals surface area contributed by atoms with Crippen molar-refractivity contribution >= 4 is 16.9 Å². The van der Waals surface area contributed by atoms with Gasteiger partial charge in [-0.25, -0.2) is 9.18 Å². The Kier molecular flexibility index (Phi) is 3.70. The second kappa shape index (κ2) is 5.68. The van der Waals surface area contributed by atoms with Crippen LogP contribution in [0.5, 0.6) is 0 Å². The molecule has 0 spiro atoms. The van der Waals surface area contributed by atoms with Crippen molar-refractivity contribution in [1.29, 1.82) is 0 Å². The molecule has 0 bridgehead atoms. The maximum absolute atomic E-state index is 13.5. The molecular formula is C18H14FNO3. The zero-order valence-corrected chi connectivity index (χ0v) is 12.4. The molecule has 3 rings (SSSR count). The summed E-state index contributed by atoms with van der Waals surface area (Å²) >= 11 is 0. The third-order valence-corrected chi connectivity index (χ3v) is 3.75. The molecule has 0 radical (unpaired) electrons. The maximum atomic E-state index is 13.5. The summed E-state index contributed by atoms with van der Waals surface area (Å²) < 4.78 is 15.1. The zero-order valence-electron chi connectivity index (χ0n) is 12.4. The smallest absolute Gasteiger partial charge is 0.341 e. The summed E-state index contributed by atoms with van der Waals surface area (Å²) in [7, 11) is 0. The van der Waals surface area contributed by atoms with Crippen molar-refractivity contribution < 1.29 is 14.3 Å². The van der Waals surface area contributed by atoms with Crippen molar-refractivity contribution in [2.24, 2.45) is 0 Å². The number of pyridine rings is 1. The largest absolute Gasteiger partial charge is 0.477 e. The van der Waals surface area contributed by atoms with Gasteiger partial charge in [0.15, 0.2) is 0 Å². The van der Waals surface area contributed by atoms with Crippen molar-refractivity contribution in [2.75, 3.05) is 0 Å². The number of aryl methyl sites for hydroxylation is 1. The van der Waals surface area contributed by atoms with E-state index in [-0.39, 0.29) is 10.9 Å². The fraction of sp³-hybridized carbons (Fsp3) is 0.111. The van der Waals surface area contributed by atoms with Gasteiger partial charge in [-0.2, -0.15) is 0 Å². The van der Waals surface area contributed by atoms with E-state index in [0.29, 0.717) is 12.1 Å². The number of rotatable bonds is 3. The summed E-state index contributed by atoms with van der Waals surface area (Å²) in [5, 5.41) is 9.28. The van der Waals surface area contributed by atoms with Crippen LogP contribution in [-0.4, -0.2) is 15.6 Å². The first kappa shape index (κ1) is 15.0. The SMILES string of the molecule is Cc1ccc(Cn2cc(C(=O)O)c(=O)c3cc(F)ccc32)cc1. The van der Waals surface area contributed by atoms with Crippen LogP contribution in [0, 0.1) is 12.7 Å². The van der Waals surface area contributed by atoms with Gasteiger partial charge in [0.1, 0.15) is 11.4 Å². The number of halogens is 1. The summed E-state index contributed by atoms with van der Waals surface area (Å²) in [5.74, 6) is -1.89. The van der Waals surface area contributed by atoms with Gasteiger partial charge in [-0.3, -0.25) is 4.79 Å². The average molecular weight is 311 g/mol. The van der Waals surface area contributed by atoms with Crippen LogP contribution < -0.4 is 5.43 Å². The van der Waals surface area contributed by atoms with Crippen molar-refractivity contribution in [2.45, 2.75) is 13.5 Å². The predicted molar refractivity (Wildman–Crippen MR) is 85.4 cm³/mol. The topological polar surface area (TPSA) is 59.3 Å². The molecule has 4 nitrogen and oxygen atoms in total. The van der Waals surface area contributed by atoms with Crippen molar-refractivity contribution in [3.8, 4) is 0 Å². The molecular weight excluding hydrogens is 297 g/mol. The molecule has 5 heteroatoms. The molecule has 2 aromatic carbocycles.